The number of amides is 1. The summed E-state index contributed by atoms with van der Waals surface area (Å²) in [6.45, 7) is 9.66. The minimum Gasteiger partial charge on any atom is -0.497 e. The smallest absolute Gasteiger partial charge is 0.326 e. The second-order valence-electron chi connectivity index (χ2n) is 12.5. The van der Waals surface area contributed by atoms with Crippen molar-refractivity contribution in [2.45, 2.75) is 58.7 Å². The van der Waals surface area contributed by atoms with Crippen molar-refractivity contribution >= 4 is 30.6 Å². The Hall–Kier alpha value is -5.17. The molecule has 4 aromatic rings. The number of nitrogens with zero attached hydrogens (tertiary/aromatic N) is 2. The van der Waals surface area contributed by atoms with Gasteiger partial charge in [-0.3, -0.25) is 28.7 Å². The third-order valence-corrected chi connectivity index (χ3v) is 10.5. The van der Waals surface area contributed by atoms with Crippen LogP contribution in [0.4, 0.5) is 0 Å². The minimum absolute atomic E-state index is 0.111. The van der Waals surface area contributed by atoms with Crippen LogP contribution in [0.2, 0.25) is 0 Å². The van der Waals surface area contributed by atoms with Gasteiger partial charge in [0, 0.05) is 17.7 Å². The Labute approximate surface area is 296 Å². The summed E-state index contributed by atoms with van der Waals surface area (Å²) in [5.74, 6) is -1.17. The molecule has 0 saturated heterocycles. The molecule has 51 heavy (non-hydrogen) atoms. The predicted molar refractivity (Wildman–Crippen MR) is 192 cm³/mol. The summed E-state index contributed by atoms with van der Waals surface area (Å²) in [5.41, 5.74) is -2.09. The summed E-state index contributed by atoms with van der Waals surface area (Å²) < 4.78 is 30.6. The normalized spacial score (nSPS) is 12.5. The zero-order chi connectivity index (χ0) is 37.4. The second kappa shape index (κ2) is 16.2. The molecule has 0 aliphatic heterocycles. The van der Waals surface area contributed by atoms with Crippen LogP contribution in [0.5, 0.6) is 5.75 Å². The van der Waals surface area contributed by atoms with Gasteiger partial charge in [0.1, 0.15) is 28.1 Å². The van der Waals surface area contributed by atoms with Crippen molar-refractivity contribution in [2.24, 2.45) is 0 Å². The van der Waals surface area contributed by atoms with Gasteiger partial charge in [-0.15, -0.1) is 0 Å². The number of carbonyl (C=O) groups is 3. The molecule has 0 fully saturated rings. The maximum atomic E-state index is 14.8. The van der Waals surface area contributed by atoms with E-state index < -0.39 is 48.0 Å². The first kappa shape index (κ1) is 38.6. The fourth-order valence-corrected chi connectivity index (χ4v) is 7.73. The monoisotopic (exact) mass is 718 g/mol. The summed E-state index contributed by atoms with van der Waals surface area (Å²) >= 11 is 0. The molecule has 270 valence electrons. The quantitative estimate of drug-likeness (QED) is 0.102. The van der Waals surface area contributed by atoms with E-state index in [1.807, 2.05) is 0 Å². The summed E-state index contributed by atoms with van der Waals surface area (Å²) in [7, 11) is -2.44. The lowest BCUT2D eigenvalue weighted by molar-refractivity contribution is -0.149. The first-order valence-electron chi connectivity index (χ1n) is 16.2. The number of hydrogen-bond donors (Lipinski definition) is 4. The molecule has 15 heteroatoms. The van der Waals surface area contributed by atoms with E-state index in [9.17, 15) is 23.7 Å². The van der Waals surface area contributed by atoms with Crippen LogP contribution in [0.15, 0.2) is 83.9 Å². The molecule has 0 saturated carbocycles. The van der Waals surface area contributed by atoms with E-state index >= 15 is 0 Å². The van der Waals surface area contributed by atoms with Crippen molar-refractivity contribution in [3.8, 4) is 17.3 Å². The molecule has 4 N–H and O–H groups in total. The fraction of sp³-hybridized carbons (Fsp3) is 0.333. The molecular formula is C36H43N6O8P. The number of methoxy groups -OCH3 is 1. The van der Waals surface area contributed by atoms with Gasteiger partial charge in [0.05, 0.1) is 26.4 Å². The Morgan fingerprint density at radius 2 is 1.37 bits per heavy atom. The number of esters is 2. The Kier molecular flexibility index (Phi) is 12.3. The van der Waals surface area contributed by atoms with E-state index in [0.29, 0.717) is 22.6 Å². The van der Waals surface area contributed by atoms with E-state index in [-0.39, 0.29) is 29.9 Å². The Morgan fingerprint density at radius 3 is 1.84 bits per heavy atom. The summed E-state index contributed by atoms with van der Waals surface area (Å²) in [5, 5.41) is 8.99. The van der Waals surface area contributed by atoms with E-state index in [0.717, 1.165) is 0 Å². The van der Waals surface area contributed by atoms with Gasteiger partial charge in [0.15, 0.2) is 5.82 Å². The van der Waals surface area contributed by atoms with Gasteiger partial charge in [0.2, 0.25) is 7.44 Å². The second-order valence-corrected chi connectivity index (χ2v) is 14.7. The van der Waals surface area contributed by atoms with Crippen LogP contribution >= 0.6 is 7.44 Å². The number of ether oxygens (including phenoxy) is 3. The molecule has 2 aromatic carbocycles. The lowest BCUT2D eigenvalue weighted by Gasteiger charge is -2.35. The van der Waals surface area contributed by atoms with Gasteiger partial charge < -0.3 is 24.5 Å². The zero-order valence-corrected chi connectivity index (χ0v) is 30.5. The molecule has 1 amide bonds. The number of carbonyl (C=O) groups excluding carboxylic acids is 3. The highest BCUT2D eigenvalue weighted by Gasteiger charge is 2.43. The van der Waals surface area contributed by atoms with Crippen LogP contribution in [0.3, 0.4) is 0 Å². The molecule has 1 unspecified atom stereocenters. The van der Waals surface area contributed by atoms with Crippen molar-refractivity contribution < 1.29 is 33.2 Å². The van der Waals surface area contributed by atoms with Crippen molar-refractivity contribution in [2.75, 3.05) is 20.3 Å². The van der Waals surface area contributed by atoms with Gasteiger partial charge in [-0.2, -0.15) is 0 Å². The van der Waals surface area contributed by atoms with E-state index in [1.54, 1.807) is 86.8 Å². The molecule has 0 aliphatic carbocycles. The SMILES string of the molecule is CCOC(=O)C(C)(C)NP(=O)(NC(C)(C)C(=O)OCC)c1ccc(C(NC(=O)c2cnc(-c3ccccn3)[nH]c2=O)c2ccc(OC)cc2)cc1. The molecule has 2 aromatic heterocycles. The Balaban J connectivity index is 1.73. The lowest BCUT2D eigenvalue weighted by atomic mass is 9.98. The van der Waals surface area contributed by atoms with Crippen LogP contribution in [-0.2, 0) is 23.6 Å². The van der Waals surface area contributed by atoms with E-state index in [4.69, 9.17) is 14.2 Å². The average molecular weight is 719 g/mol. The van der Waals surface area contributed by atoms with Gasteiger partial charge in [-0.1, -0.05) is 30.3 Å². The van der Waals surface area contributed by atoms with Crippen LogP contribution in [0, 0.1) is 0 Å². The van der Waals surface area contributed by atoms with Crippen LogP contribution in [0.1, 0.15) is 69.1 Å². The van der Waals surface area contributed by atoms with Gasteiger partial charge in [-0.25, -0.2) is 15.2 Å². The van der Waals surface area contributed by atoms with Crippen molar-refractivity contribution in [1.29, 1.82) is 0 Å². The van der Waals surface area contributed by atoms with Crippen molar-refractivity contribution in [1.82, 2.24) is 30.4 Å². The van der Waals surface area contributed by atoms with Crippen molar-refractivity contribution in [3.05, 3.63) is 106 Å². The third-order valence-electron chi connectivity index (χ3n) is 7.71. The number of aromatic nitrogens is 3. The first-order chi connectivity index (χ1) is 24.1. The molecule has 14 nitrogen and oxygen atoms in total. The highest BCUT2D eigenvalue weighted by Crippen LogP contribution is 2.41. The molecule has 0 aliphatic rings. The summed E-state index contributed by atoms with van der Waals surface area (Å²) in [6.07, 6.45) is 2.75. The zero-order valence-electron chi connectivity index (χ0n) is 29.6. The van der Waals surface area contributed by atoms with Crippen molar-refractivity contribution in [3.63, 3.8) is 0 Å². The van der Waals surface area contributed by atoms with E-state index in [1.165, 1.54) is 41.0 Å². The number of nitrogens with one attached hydrogen (secondary N) is 4. The van der Waals surface area contributed by atoms with Crippen LogP contribution in [-0.4, -0.2) is 64.2 Å². The van der Waals surface area contributed by atoms with Crippen LogP contribution in [0.25, 0.3) is 11.5 Å². The number of hydrogen-bond acceptors (Lipinski definition) is 10. The molecule has 0 radical (unpaired) electrons. The summed E-state index contributed by atoms with van der Waals surface area (Å²) in [4.78, 5) is 63.4. The number of H-pyrrole nitrogens is 1. The maximum absolute atomic E-state index is 14.8. The highest BCUT2D eigenvalue weighted by atomic mass is 31.2. The number of pyridine rings is 1. The maximum Gasteiger partial charge on any atom is 0.326 e. The Bertz CT molecular complexity index is 1910. The molecular weight excluding hydrogens is 675 g/mol. The number of benzene rings is 2. The number of rotatable bonds is 15. The fourth-order valence-electron chi connectivity index (χ4n) is 5.09. The molecule has 0 spiro atoms. The topological polar surface area (TPSA) is 191 Å². The van der Waals surface area contributed by atoms with Gasteiger partial charge in [0.25, 0.3) is 11.5 Å². The van der Waals surface area contributed by atoms with Gasteiger partial charge in [-0.05, 0) is 89.1 Å². The Morgan fingerprint density at radius 1 is 0.824 bits per heavy atom. The highest BCUT2D eigenvalue weighted by molar-refractivity contribution is 7.68. The predicted octanol–water partition coefficient (Wildman–Crippen LogP) is 4.04. The van der Waals surface area contributed by atoms with E-state index in [2.05, 4.69) is 30.4 Å². The minimum atomic E-state index is -3.98. The molecule has 4 rings (SSSR count). The average Bonchev–Trinajstić information content (AvgIpc) is 3.10. The lowest BCUT2D eigenvalue weighted by Crippen LogP contribution is -2.55. The molecule has 2 heterocycles. The third kappa shape index (κ3) is 9.34. The molecule has 1 atom stereocenters. The number of aromatic amines is 1. The van der Waals surface area contributed by atoms with Gasteiger partial charge >= 0.3 is 11.9 Å². The molecule has 0 bridgehead atoms. The van der Waals surface area contributed by atoms with Crippen LogP contribution < -0.4 is 31.1 Å². The first-order valence-corrected chi connectivity index (χ1v) is 17.9. The standard InChI is InChI=1S/C36H43N6O8P/c1-8-49-33(45)35(3,4)41-51(47,42-36(5,6)34(46)50-9-2)26-19-15-24(16-20-26)29(23-13-17-25(48-7)18-14-23)39-31(43)27-22-38-30(40-32(27)44)28-12-10-11-21-37-28/h10-22,29H,8-9H2,1-7H3,(H,39,43)(H,38,40,44)(H2,41,42,47). The largest absolute Gasteiger partial charge is 0.497 e. The summed E-state index contributed by atoms with van der Waals surface area (Å²) in [6, 6.07) is 17.8.